The maximum atomic E-state index is 12.7. The summed E-state index contributed by atoms with van der Waals surface area (Å²) >= 11 is 0. The van der Waals surface area contributed by atoms with E-state index in [-0.39, 0.29) is 11.8 Å². The molecule has 0 spiro atoms. The van der Waals surface area contributed by atoms with E-state index >= 15 is 0 Å². The molecule has 0 aromatic heterocycles. The quantitative estimate of drug-likeness (QED) is 0.633. The number of carbonyl (C=O) groups excluding carboxylic acids is 2. The van der Waals surface area contributed by atoms with E-state index < -0.39 is 5.91 Å². The van der Waals surface area contributed by atoms with Crippen LogP contribution in [0.3, 0.4) is 0 Å². The Morgan fingerprint density at radius 2 is 1.84 bits per heavy atom. The summed E-state index contributed by atoms with van der Waals surface area (Å²) in [5, 5.41) is 0. The summed E-state index contributed by atoms with van der Waals surface area (Å²) in [5.41, 5.74) is 8.51. The zero-order valence-corrected chi connectivity index (χ0v) is 17.3. The third-order valence-electron chi connectivity index (χ3n) is 5.46. The van der Waals surface area contributed by atoms with Gasteiger partial charge in [-0.1, -0.05) is 42.5 Å². The molecule has 31 heavy (non-hydrogen) atoms. The van der Waals surface area contributed by atoms with Crippen LogP contribution in [0.5, 0.6) is 11.5 Å². The van der Waals surface area contributed by atoms with Gasteiger partial charge in [-0.2, -0.15) is 0 Å². The van der Waals surface area contributed by atoms with Gasteiger partial charge in [-0.3, -0.25) is 9.59 Å². The molecule has 0 bridgehead atoms. The van der Waals surface area contributed by atoms with Crippen molar-refractivity contribution in [2.45, 2.75) is 18.9 Å². The molecule has 0 radical (unpaired) electrons. The second kappa shape index (κ2) is 8.92. The fraction of sp³-hybridized carbons (Fsp3) is 0.200. The van der Waals surface area contributed by atoms with Gasteiger partial charge in [0.15, 0.2) is 11.5 Å². The molecule has 6 nitrogen and oxygen atoms in total. The highest BCUT2D eigenvalue weighted by molar-refractivity contribution is 5.99. The first-order chi connectivity index (χ1) is 15.0. The van der Waals surface area contributed by atoms with E-state index in [4.69, 9.17) is 15.2 Å². The molecule has 3 aromatic carbocycles. The second-order valence-electron chi connectivity index (χ2n) is 7.50. The molecule has 158 valence electrons. The van der Waals surface area contributed by atoms with E-state index in [9.17, 15) is 9.59 Å². The van der Waals surface area contributed by atoms with Gasteiger partial charge in [-0.05, 0) is 41.5 Å². The first-order valence-corrected chi connectivity index (χ1v) is 10.1. The monoisotopic (exact) mass is 416 g/mol. The molecule has 4 rings (SSSR count). The van der Waals surface area contributed by atoms with Gasteiger partial charge >= 0.3 is 0 Å². The molecular weight excluding hydrogens is 392 g/mol. The highest BCUT2D eigenvalue weighted by Gasteiger charge is 2.32. The standard InChI is InChI=1S/C25H24N2O4/c1-30-22-11-10-18(13-23(22)31-16-17-6-3-2-4-7-17)20-14-24(28)27(15-20)21-9-5-8-19(12-21)25(26)29/h2-13,20H,14-16H2,1H3,(H2,26,29)/t20-/m0/s1. The van der Waals surface area contributed by atoms with E-state index in [0.29, 0.717) is 42.3 Å². The van der Waals surface area contributed by atoms with Crippen molar-refractivity contribution in [3.63, 3.8) is 0 Å². The van der Waals surface area contributed by atoms with Crippen molar-refractivity contribution >= 4 is 17.5 Å². The second-order valence-corrected chi connectivity index (χ2v) is 7.50. The first kappa shape index (κ1) is 20.5. The number of ether oxygens (including phenoxy) is 2. The number of benzene rings is 3. The van der Waals surface area contributed by atoms with Gasteiger partial charge in [-0.15, -0.1) is 0 Å². The SMILES string of the molecule is COc1ccc([C@H]2CC(=O)N(c3cccc(C(N)=O)c3)C2)cc1OCc1ccccc1. The first-order valence-electron chi connectivity index (χ1n) is 10.1. The fourth-order valence-electron chi connectivity index (χ4n) is 3.80. The summed E-state index contributed by atoms with van der Waals surface area (Å²) in [6.07, 6.45) is 0.380. The van der Waals surface area contributed by atoms with Crippen LogP contribution in [0, 0.1) is 0 Å². The van der Waals surface area contributed by atoms with Crippen molar-refractivity contribution in [3.05, 3.63) is 89.5 Å². The third kappa shape index (κ3) is 4.53. The van der Waals surface area contributed by atoms with Crippen molar-refractivity contribution in [3.8, 4) is 11.5 Å². The molecule has 1 atom stereocenters. The number of amides is 2. The summed E-state index contributed by atoms with van der Waals surface area (Å²) in [5.74, 6) is 0.796. The number of nitrogens with zero attached hydrogens (tertiary/aromatic N) is 1. The number of hydrogen-bond donors (Lipinski definition) is 1. The van der Waals surface area contributed by atoms with Gasteiger partial charge in [0.25, 0.3) is 0 Å². The molecule has 1 fully saturated rings. The zero-order chi connectivity index (χ0) is 21.8. The lowest BCUT2D eigenvalue weighted by atomic mass is 9.98. The molecule has 0 saturated carbocycles. The van der Waals surface area contributed by atoms with Crippen LogP contribution in [-0.4, -0.2) is 25.5 Å². The molecule has 6 heteroatoms. The van der Waals surface area contributed by atoms with Crippen molar-refractivity contribution < 1.29 is 19.1 Å². The minimum absolute atomic E-state index is 0.00851. The predicted octanol–water partition coefficient (Wildman–Crippen LogP) is 3.89. The zero-order valence-electron chi connectivity index (χ0n) is 17.3. The Kier molecular flexibility index (Phi) is 5.89. The summed E-state index contributed by atoms with van der Waals surface area (Å²) < 4.78 is 11.5. The summed E-state index contributed by atoms with van der Waals surface area (Å²) in [6.45, 7) is 0.946. The van der Waals surface area contributed by atoms with Crippen LogP contribution in [0.4, 0.5) is 5.69 Å². The lowest BCUT2D eigenvalue weighted by molar-refractivity contribution is -0.117. The van der Waals surface area contributed by atoms with Crippen LogP contribution in [0.2, 0.25) is 0 Å². The third-order valence-corrected chi connectivity index (χ3v) is 5.46. The summed E-state index contributed by atoms with van der Waals surface area (Å²) in [6, 6.07) is 22.6. The van der Waals surface area contributed by atoms with Crippen molar-refractivity contribution in [2.75, 3.05) is 18.6 Å². The van der Waals surface area contributed by atoms with Gasteiger partial charge in [0.1, 0.15) is 6.61 Å². The molecule has 1 saturated heterocycles. The lowest BCUT2D eigenvalue weighted by Crippen LogP contribution is -2.24. The van der Waals surface area contributed by atoms with E-state index in [0.717, 1.165) is 11.1 Å². The lowest BCUT2D eigenvalue weighted by Gasteiger charge is -2.18. The Hall–Kier alpha value is -3.80. The molecule has 0 unspecified atom stereocenters. The van der Waals surface area contributed by atoms with E-state index in [1.165, 1.54) is 0 Å². The van der Waals surface area contributed by atoms with Gasteiger partial charge in [0.05, 0.1) is 7.11 Å². The maximum Gasteiger partial charge on any atom is 0.248 e. The molecule has 0 aliphatic carbocycles. The summed E-state index contributed by atoms with van der Waals surface area (Å²) in [7, 11) is 1.61. The van der Waals surface area contributed by atoms with Gasteiger partial charge in [0.2, 0.25) is 11.8 Å². The van der Waals surface area contributed by atoms with Crippen molar-refractivity contribution in [2.24, 2.45) is 5.73 Å². The molecular formula is C25H24N2O4. The topological polar surface area (TPSA) is 81.9 Å². The Morgan fingerprint density at radius 1 is 1.03 bits per heavy atom. The predicted molar refractivity (Wildman–Crippen MR) is 118 cm³/mol. The smallest absolute Gasteiger partial charge is 0.248 e. The number of rotatable bonds is 7. The van der Waals surface area contributed by atoms with Crippen molar-refractivity contribution in [1.29, 1.82) is 0 Å². The molecule has 2 amide bonds. The fourth-order valence-corrected chi connectivity index (χ4v) is 3.80. The average Bonchev–Trinajstić information content (AvgIpc) is 3.20. The van der Waals surface area contributed by atoms with E-state index in [1.807, 2.05) is 54.6 Å². The van der Waals surface area contributed by atoms with Crippen LogP contribution < -0.4 is 20.1 Å². The Bertz CT molecular complexity index is 1100. The Morgan fingerprint density at radius 3 is 2.58 bits per heavy atom. The molecule has 1 aliphatic rings. The van der Waals surface area contributed by atoms with E-state index in [2.05, 4.69) is 0 Å². The highest BCUT2D eigenvalue weighted by atomic mass is 16.5. The van der Waals surface area contributed by atoms with Crippen LogP contribution >= 0.6 is 0 Å². The number of nitrogens with two attached hydrogens (primary N) is 1. The molecule has 1 heterocycles. The maximum absolute atomic E-state index is 12.7. The molecule has 2 N–H and O–H groups in total. The number of hydrogen-bond acceptors (Lipinski definition) is 4. The van der Waals surface area contributed by atoms with Crippen LogP contribution in [0.25, 0.3) is 0 Å². The minimum atomic E-state index is -0.514. The number of primary amides is 1. The van der Waals surface area contributed by atoms with Crippen LogP contribution in [-0.2, 0) is 11.4 Å². The average molecular weight is 416 g/mol. The molecule has 1 aliphatic heterocycles. The van der Waals surface area contributed by atoms with Crippen LogP contribution in [0.15, 0.2) is 72.8 Å². The van der Waals surface area contributed by atoms with Crippen LogP contribution in [0.1, 0.15) is 33.8 Å². The van der Waals surface area contributed by atoms with Gasteiger partial charge in [0, 0.05) is 30.1 Å². The Balaban J connectivity index is 1.53. The Labute approximate surface area is 181 Å². The highest BCUT2D eigenvalue weighted by Crippen LogP contribution is 2.37. The normalized spacial score (nSPS) is 15.7. The minimum Gasteiger partial charge on any atom is -0.493 e. The number of methoxy groups -OCH3 is 1. The van der Waals surface area contributed by atoms with Crippen molar-refractivity contribution in [1.82, 2.24) is 0 Å². The van der Waals surface area contributed by atoms with Gasteiger partial charge < -0.3 is 20.1 Å². The molecule has 3 aromatic rings. The summed E-state index contributed by atoms with van der Waals surface area (Å²) in [4.78, 5) is 25.9. The van der Waals surface area contributed by atoms with E-state index in [1.54, 1.807) is 30.2 Å². The largest absolute Gasteiger partial charge is 0.493 e. The number of carbonyl (C=O) groups is 2. The van der Waals surface area contributed by atoms with Gasteiger partial charge in [-0.25, -0.2) is 0 Å². The number of anilines is 1.